The molecule has 0 bridgehead atoms. The number of aromatic nitrogens is 2. The number of nitrogens with one attached hydrogen (secondary N) is 1. The number of benzene rings is 1. The van der Waals surface area contributed by atoms with Crippen molar-refractivity contribution in [3.63, 3.8) is 0 Å². The monoisotopic (exact) mass is 411 g/mol. The van der Waals surface area contributed by atoms with Crippen molar-refractivity contribution in [1.29, 1.82) is 0 Å². The Labute approximate surface area is 175 Å². The molecule has 0 radical (unpaired) electrons. The molecule has 2 heterocycles. The zero-order valence-corrected chi connectivity index (χ0v) is 18.2. The lowest BCUT2D eigenvalue weighted by Crippen LogP contribution is -2.35. The van der Waals surface area contributed by atoms with Crippen LogP contribution in [0.1, 0.15) is 36.3 Å². The number of hydrogen-bond donors (Lipinski definition) is 1. The molecule has 0 fully saturated rings. The maximum absolute atomic E-state index is 13.0. The lowest BCUT2D eigenvalue weighted by Gasteiger charge is -2.23. The van der Waals surface area contributed by atoms with Gasteiger partial charge in [0.1, 0.15) is 10.6 Å². The highest BCUT2D eigenvalue weighted by molar-refractivity contribution is 7.18. The first-order chi connectivity index (χ1) is 14.0. The van der Waals surface area contributed by atoms with Gasteiger partial charge in [0.25, 0.3) is 5.56 Å². The van der Waals surface area contributed by atoms with Gasteiger partial charge in [-0.2, -0.15) is 0 Å². The second-order valence-electron chi connectivity index (χ2n) is 8.28. The predicted molar refractivity (Wildman–Crippen MR) is 119 cm³/mol. The minimum Gasteiger partial charge on any atom is -0.497 e. The first-order valence-corrected chi connectivity index (χ1v) is 11.2. The lowest BCUT2D eigenvalue weighted by molar-refractivity contribution is 0.414. The van der Waals surface area contributed by atoms with E-state index >= 15 is 0 Å². The predicted octanol–water partition coefficient (Wildman–Crippen LogP) is 3.81. The zero-order valence-electron chi connectivity index (χ0n) is 17.4. The molecule has 5 nitrogen and oxygen atoms in total. The maximum Gasteiger partial charge on any atom is 0.262 e. The number of methoxy groups -OCH3 is 1. The fourth-order valence-corrected chi connectivity index (χ4v) is 5.41. The van der Waals surface area contributed by atoms with Gasteiger partial charge in [-0.25, -0.2) is 4.98 Å². The van der Waals surface area contributed by atoms with Gasteiger partial charge in [-0.3, -0.25) is 9.36 Å². The highest BCUT2D eigenvalue weighted by Crippen LogP contribution is 2.33. The standard InChI is InChI=1S/C23H29N3O2S/c1-15(2)13-26-14-25-22-21(23(26)27)19-8-7-17(12-20(19)29-22)24-10-9-16-5-4-6-18(11-16)28-3/h4-6,11,14-15,17,24H,7-10,12-13H2,1-3H3. The van der Waals surface area contributed by atoms with Crippen molar-refractivity contribution in [3.05, 3.63) is 57.0 Å². The largest absolute Gasteiger partial charge is 0.497 e. The van der Waals surface area contributed by atoms with Crippen molar-refractivity contribution in [2.75, 3.05) is 13.7 Å². The highest BCUT2D eigenvalue weighted by atomic mass is 32.1. The summed E-state index contributed by atoms with van der Waals surface area (Å²) >= 11 is 1.70. The Kier molecular flexibility index (Phi) is 6.01. The second kappa shape index (κ2) is 8.67. The number of nitrogens with zero attached hydrogens (tertiary/aromatic N) is 2. The van der Waals surface area contributed by atoms with Gasteiger partial charge in [-0.1, -0.05) is 26.0 Å². The molecule has 0 aliphatic heterocycles. The number of thiophene rings is 1. The SMILES string of the molecule is COc1cccc(CCNC2CCc3c(sc4ncn(CC(C)C)c(=O)c34)C2)c1. The minimum atomic E-state index is 0.130. The number of ether oxygens (including phenoxy) is 1. The molecule has 1 aliphatic rings. The average Bonchev–Trinajstić information content (AvgIpc) is 3.08. The Balaban J connectivity index is 1.44. The van der Waals surface area contributed by atoms with Gasteiger partial charge in [0.15, 0.2) is 0 Å². The Bertz CT molecular complexity index is 1050. The van der Waals surface area contributed by atoms with E-state index in [4.69, 9.17) is 4.74 Å². The van der Waals surface area contributed by atoms with Crippen LogP contribution >= 0.6 is 11.3 Å². The molecule has 0 spiro atoms. The molecular formula is C23H29N3O2S. The van der Waals surface area contributed by atoms with Gasteiger partial charge in [0.2, 0.25) is 0 Å². The molecular weight excluding hydrogens is 382 g/mol. The summed E-state index contributed by atoms with van der Waals surface area (Å²) in [6.07, 6.45) is 5.70. The van der Waals surface area contributed by atoms with Crippen molar-refractivity contribution in [2.45, 2.75) is 52.1 Å². The van der Waals surface area contributed by atoms with Crippen LogP contribution in [-0.4, -0.2) is 29.2 Å². The molecule has 1 atom stereocenters. The molecule has 1 N–H and O–H groups in total. The van der Waals surface area contributed by atoms with Crippen molar-refractivity contribution in [1.82, 2.24) is 14.9 Å². The van der Waals surface area contributed by atoms with Crippen molar-refractivity contribution in [3.8, 4) is 5.75 Å². The zero-order chi connectivity index (χ0) is 20.4. The van der Waals surface area contributed by atoms with Crippen molar-refractivity contribution >= 4 is 21.6 Å². The molecule has 4 rings (SSSR count). The number of aryl methyl sites for hydroxylation is 1. The molecule has 1 unspecified atom stereocenters. The van der Waals surface area contributed by atoms with Crippen LogP contribution in [0.2, 0.25) is 0 Å². The molecule has 2 aromatic heterocycles. The summed E-state index contributed by atoms with van der Waals surface area (Å²) in [7, 11) is 1.70. The van der Waals surface area contributed by atoms with Crippen LogP contribution in [0.25, 0.3) is 10.2 Å². The van der Waals surface area contributed by atoms with Gasteiger partial charge >= 0.3 is 0 Å². The summed E-state index contributed by atoms with van der Waals surface area (Å²) in [4.78, 5) is 19.8. The topological polar surface area (TPSA) is 56.1 Å². The van der Waals surface area contributed by atoms with E-state index in [-0.39, 0.29) is 5.56 Å². The summed E-state index contributed by atoms with van der Waals surface area (Å²) in [6.45, 7) is 5.92. The third kappa shape index (κ3) is 4.38. The van der Waals surface area contributed by atoms with Crippen LogP contribution in [0.5, 0.6) is 5.75 Å². The fourth-order valence-electron chi connectivity index (χ4n) is 4.15. The maximum atomic E-state index is 13.0. The summed E-state index contributed by atoms with van der Waals surface area (Å²) < 4.78 is 7.08. The van der Waals surface area contributed by atoms with Crippen LogP contribution in [0.3, 0.4) is 0 Å². The average molecular weight is 412 g/mol. The van der Waals surface area contributed by atoms with E-state index in [2.05, 4.69) is 36.3 Å². The van der Waals surface area contributed by atoms with Crippen LogP contribution in [0.15, 0.2) is 35.4 Å². The summed E-state index contributed by atoms with van der Waals surface area (Å²) in [5.41, 5.74) is 2.65. The van der Waals surface area contributed by atoms with Gasteiger partial charge < -0.3 is 10.1 Å². The molecule has 6 heteroatoms. The van der Waals surface area contributed by atoms with Crippen LogP contribution in [0.4, 0.5) is 0 Å². The molecule has 1 aliphatic carbocycles. The minimum absolute atomic E-state index is 0.130. The van der Waals surface area contributed by atoms with E-state index in [0.29, 0.717) is 12.0 Å². The Morgan fingerprint density at radius 2 is 2.24 bits per heavy atom. The van der Waals surface area contributed by atoms with Gasteiger partial charge in [-0.15, -0.1) is 11.3 Å². The van der Waals surface area contributed by atoms with E-state index in [1.54, 1.807) is 29.3 Å². The Hall–Kier alpha value is -2.18. The van der Waals surface area contributed by atoms with Gasteiger partial charge in [0, 0.05) is 17.5 Å². The molecule has 0 saturated heterocycles. The van der Waals surface area contributed by atoms with E-state index in [0.717, 1.165) is 54.7 Å². The number of hydrogen-bond acceptors (Lipinski definition) is 5. The van der Waals surface area contributed by atoms with Crippen LogP contribution in [-0.2, 0) is 25.8 Å². The first kappa shape index (κ1) is 20.1. The van der Waals surface area contributed by atoms with Gasteiger partial charge in [0.05, 0.1) is 18.8 Å². The van der Waals surface area contributed by atoms with Gasteiger partial charge in [-0.05, 0) is 61.4 Å². The van der Waals surface area contributed by atoms with E-state index in [9.17, 15) is 4.79 Å². The molecule has 0 saturated carbocycles. The van der Waals surface area contributed by atoms with E-state index < -0.39 is 0 Å². The van der Waals surface area contributed by atoms with E-state index in [1.807, 2.05) is 12.1 Å². The van der Waals surface area contributed by atoms with E-state index in [1.165, 1.54) is 16.0 Å². The van der Waals surface area contributed by atoms with Crippen molar-refractivity contribution in [2.24, 2.45) is 5.92 Å². The fraction of sp³-hybridized carbons (Fsp3) is 0.478. The summed E-state index contributed by atoms with van der Waals surface area (Å²) in [5.74, 6) is 1.34. The molecule has 1 aromatic carbocycles. The lowest BCUT2D eigenvalue weighted by atomic mass is 9.93. The summed E-state index contributed by atoms with van der Waals surface area (Å²) in [5, 5.41) is 4.57. The first-order valence-electron chi connectivity index (χ1n) is 10.4. The summed E-state index contributed by atoms with van der Waals surface area (Å²) in [6, 6.07) is 8.71. The Morgan fingerprint density at radius 3 is 3.03 bits per heavy atom. The second-order valence-corrected chi connectivity index (χ2v) is 9.36. The Morgan fingerprint density at radius 1 is 1.38 bits per heavy atom. The van der Waals surface area contributed by atoms with Crippen LogP contribution in [0, 0.1) is 5.92 Å². The normalized spacial score (nSPS) is 16.3. The molecule has 3 aromatic rings. The molecule has 0 amide bonds. The third-order valence-electron chi connectivity index (χ3n) is 5.58. The molecule has 29 heavy (non-hydrogen) atoms. The highest BCUT2D eigenvalue weighted by Gasteiger charge is 2.25. The third-order valence-corrected chi connectivity index (χ3v) is 6.74. The van der Waals surface area contributed by atoms with Crippen molar-refractivity contribution < 1.29 is 4.74 Å². The number of rotatable bonds is 7. The molecule has 154 valence electrons. The number of fused-ring (bicyclic) bond motifs is 3. The van der Waals surface area contributed by atoms with Crippen LogP contribution < -0.4 is 15.6 Å². The smallest absolute Gasteiger partial charge is 0.262 e. The quantitative estimate of drug-likeness (QED) is 0.642.